The van der Waals surface area contributed by atoms with Crippen molar-refractivity contribution in [1.29, 1.82) is 0 Å². The highest BCUT2D eigenvalue weighted by Crippen LogP contribution is 1.96. The zero-order chi connectivity index (χ0) is 17.8. The zero-order valence-electron chi connectivity index (χ0n) is 13.8. The van der Waals surface area contributed by atoms with E-state index in [2.05, 4.69) is 10.6 Å². The quantitative estimate of drug-likeness (QED) is 0.427. The van der Waals surface area contributed by atoms with E-state index in [4.69, 9.17) is 9.47 Å². The molecule has 0 aromatic heterocycles. The van der Waals surface area contributed by atoms with Gasteiger partial charge in [0, 0.05) is 18.7 Å². The van der Waals surface area contributed by atoms with E-state index in [-0.39, 0.29) is 25.3 Å². The molecular formula is C17H22N2O5. The summed E-state index contributed by atoms with van der Waals surface area (Å²) in [5.41, 5.74) is 0.984. The Bertz CT molecular complexity index is 570. The molecule has 0 spiro atoms. The maximum atomic E-state index is 11.5. The van der Waals surface area contributed by atoms with Crippen LogP contribution in [-0.2, 0) is 25.6 Å². The molecule has 1 aromatic rings. The lowest BCUT2D eigenvalue weighted by molar-refractivity contribution is -0.142. The summed E-state index contributed by atoms with van der Waals surface area (Å²) in [6, 6.07) is 9.12. The van der Waals surface area contributed by atoms with Crippen LogP contribution in [0.5, 0.6) is 0 Å². The second-order valence-electron chi connectivity index (χ2n) is 5.08. The number of carbonyl (C=O) groups is 3. The molecule has 7 nitrogen and oxygen atoms in total. The minimum absolute atomic E-state index is 0.00115. The molecule has 0 heterocycles. The molecule has 1 aromatic carbocycles. The maximum Gasteiger partial charge on any atom is 0.331 e. The first-order valence-electron chi connectivity index (χ1n) is 7.58. The summed E-state index contributed by atoms with van der Waals surface area (Å²) < 4.78 is 9.66. The molecule has 0 fully saturated rings. The molecule has 2 amide bonds. The van der Waals surface area contributed by atoms with Crippen molar-refractivity contribution in [3.05, 3.63) is 48.0 Å². The normalized spacial score (nSPS) is 10.5. The Kier molecular flexibility index (Phi) is 8.67. The zero-order valence-corrected chi connectivity index (χ0v) is 13.8. The minimum atomic E-state index is -0.679. The Labute approximate surface area is 141 Å². The van der Waals surface area contributed by atoms with Crippen LogP contribution in [0, 0.1) is 0 Å². The van der Waals surface area contributed by atoms with Crippen molar-refractivity contribution in [1.82, 2.24) is 10.6 Å². The fraction of sp³-hybridized carbons (Fsp3) is 0.353. The van der Waals surface area contributed by atoms with E-state index >= 15 is 0 Å². The molecular weight excluding hydrogens is 312 g/mol. The molecule has 0 saturated carbocycles. The van der Waals surface area contributed by atoms with Gasteiger partial charge in [0.05, 0.1) is 12.6 Å². The van der Waals surface area contributed by atoms with Crippen molar-refractivity contribution < 1.29 is 23.9 Å². The lowest BCUT2D eigenvalue weighted by Gasteiger charge is -2.07. The van der Waals surface area contributed by atoms with Crippen LogP contribution in [0.1, 0.15) is 19.4 Å². The molecule has 0 atom stereocenters. The van der Waals surface area contributed by atoms with Crippen molar-refractivity contribution in [3.63, 3.8) is 0 Å². The number of nitrogens with one attached hydrogen (secondary N) is 2. The average Bonchev–Trinajstić information content (AvgIpc) is 2.55. The van der Waals surface area contributed by atoms with Gasteiger partial charge in [-0.1, -0.05) is 30.3 Å². The first-order chi connectivity index (χ1) is 11.5. The van der Waals surface area contributed by atoms with Gasteiger partial charge >= 0.3 is 18.0 Å². The van der Waals surface area contributed by atoms with Crippen molar-refractivity contribution >= 4 is 18.0 Å². The fourth-order valence-electron chi connectivity index (χ4n) is 1.61. The second-order valence-corrected chi connectivity index (χ2v) is 5.08. The average molecular weight is 334 g/mol. The van der Waals surface area contributed by atoms with Crippen LogP contribution in [0.25, 0.3) is 0 Å². The number of ether oxygens (including phenoxy) is 2. The van der Waals surface area contributed by atoms with Gasteiger partial charge in [-0.3, -0.25) is 0 Å². The largest absolute Gasteiger partial charge is 0.461 e. The second kappa shape index (κ2) is 10.8. The van der Waals surface area contributed by atoms with Crippen molar-refractivity contribution in [2.45, 2.75) is 26.5 Å². The van der Waals surface area contributed by atoms with Gasteiger partial charge < -0.3 is 20.1 Å². The number of esters is 2. The number of carbonyl (C=O) groups excluding carboxylic acids is 3. The molecule has 1 rings (SSSR count). The Hall–Kier alpha value is -2.83. The Balaban J connectivity index is 2.12. The molecule has 0 aliphatic rings. The number of benzene rings is 1. The lowest BCUT2D eigenvalue weighted by Crippen LogP contribution is -2.37. The number of rotatable bonds is 8. The number of hydrogen-bond donors (Lipinski definition) is 2. The molecule has 0 radical (unpaired) electrons. The van der Waals surface area contributed by atoms with Gasteiger partial charge in [0.15, 0.2) is 0 Å². The SMILES string of the molecule is CC(C)OC(=O)/C=C/C(=O)OCCNC(=O)NCc1ccccc1. The maximum absolute atomic E-state index is 11.5. The van der Waals surface area contributed by atoms with E-state index < -0.39 is 11.9 Å². The number of urea groups is 1. The van der Waals surface area contributed by atoms with Crippen LogP contribution < -0.4 is 10.6 Å². The molecule has 7 heteroatoms. The van der Waals surface area contributed by atoms with Crippen molar-refractivity contribution in [2.24, 2.45) is 0 Å². The standard InChI is InChI=1S/C17H22N2O5/c1-13(2)24-16(21)9-8-15(20)23-11-10-18-17(22)19-12-14-6-4-3-5-7-14/h3-9,13H,10-12H2,1-2H3,(H2,18,19,22)/b9-8+. The van der Waals surface area contributed by atoms with Gasteiger partial charge in [0.25, 0.3) is 0 Å². The Morgan fingerprint density at radius 2 is 1.71 bits per heavy atom. The van der Waals surface area contributed by atoms with E-state index in [1.165, 1.54) is 0 Å². The van der Waals surface area contributed by atoms with E-state index in [0.29, 0.717) is 6.54 Å². The summed E-state index contributed by atoms with van der Waals surface area (Å²) in [5, 5.41) is 5.24. The van der Waals surface area contributed by atoms with E-state index in [9.17, 15) is 14.4 Å². The van der Waals surface area contributed by atoms with Gasteiger partial charge in [0.2, 0.25) is 0 Å². The topological polar surface area (TPSA) is 93.7 Å². The number of hydrogen-bond acceptors (Lipinski definition) is 5. The first-order valence-corrected chi connectivity index (χ1v) is 7.58. The van der Waals surface area contributed by atoms with E-state index in [0.717, 1.165) is 17.7 Å². The summed E-state index contributed by atoms with van der Waals surface area (Å²) in [5.74, 6) is -1.29. The predicted molar refractivity (Wildman–Crippen MR) is 88.0 cm³/mol. The highest BCUT2D eigenvalue weighted by molar-refractivity contribution is 5.91. The van der Waals surface area contributed by atoms with Crippen LogP contribution in [0.4, 0.5) is 4.79 Å². The molecule has 24 heavy (non-hydrogen) atoms. The van der Waals surface area contributed by atoms with Crippen LogP contribution >= 0.6 is 0 Å². The van der Waals surface area contributed by atoms with Crippen LogP contribution in [0.15, 0.2) is 42.5 Å². The summed E-state index contributed by atoms with van der Waals surface area (Å²) in [6.07, 6.45) is 1.74. The monoisotopic (exact) mass is 334 g/mol. The lowest BCUT2D eigenvalue weighted by atomic mass is 10.2. The van der Waals surface area contributed by atoms with Crippen LogP contribution in [0.3, 0.4) is 0 Å². The highest BCUT2D eigenvalue weighted by atomic mass is 16.5. The van der Waals surface area contributed by atoms with Crippen molar-refractivity contribution in [2.75, 3.05) is 13.2 Å². The predicted octanol–water partition coefficient (Wildman–Crippen LogP) is 1.54. The summed E-state index contributed by atoms with van der Waals surface area (Å²) >= 11 is 0. The third-order valence-electron chi connectivity index (χ3n) is 2.64. The molecule has 2 N–H and O–H groups in total. The van der Waals surface area contributed by atoms with Gasteiger partial charge in [-0.25, -0.2) is 14.4 Å². The van der Waals surface area contributed by atoms with Gasteiger partial charge in [-0.05, 0) is 19.4 Å². The molecule has 0 aliphatic heterocycles. The smallest absolute Gasteiger partial charge is 0.331 e. The Morgan fingerprint density at radius 3 is 2.38 bits per heavy atom. The Morgan fingerprint density at radius 1 is 1.04 bits per heavy atom. The molecule has 0 unspecified atom stereocenters. The molecule has 0 aliphatic carbocycles. The highest BCUT2D eigenvalue weighted by Gasteiger charge is 2.04. The summed E-state index contributed by atoms with van der Waals surface area (Å²) in [4.78, 5) is 34.1. The third kappa shape index (κ3) is 9.24. The van der Waals surface area contributed by atoms with Gasteiger partial charge in [-0.2, -0.15) is 0 Å². The van der Waals surface area contributed by atoms with Gasteiger partial charge in [-0.15, -0.1) is 0 Å². The van der Waals surface area contributed by atoms with Crippen molar-refractivity contribution in [3.8, 4) is 0 Å². The number of amides is 2. The summed E-state index contributed by atoms with van der Waals surface area (Å²) in [6.45, 7) is 3.99. The van der Waals surface area contributed by atoms with Crippen LogP contribution in [-0.4, -0.2) is 37.2 Å². The van der Waals surface area contributed by atoms with E-state index in [1.54, 1.807) is 13.8 Å². The molecule has 0 bridgehead atoms. The summed E-state index contributed by atoms with van der Waals surface area (Å²) in [7, 11) is 0. The minimum Gasteiger partial charge on any atom is -0.461 e. The first kappa shape index (κ1) is 19.2. The molecule has 0 saturated heterocycles. The van der Waals surface area contributed by atoms with Crippen LogP contribution in [0.2, 0.25) is 0 Å². The molecule has 130 valence electrons. The van der Waals surface area contributed by atoms with Gasteiger partial charge in [0.1, 0.15) is 6.61 Å². The van der Waals surface area contributed by atoms with E-state index in [1.807, 2.05) is 30.3 Å². The fourth-order valence-corrected chi connectivity index (χ4v) is 1.61. The third-order valence-corrected chi connectivity index (χ3v) is 2.64.